The Morgan fingerprint density at radius 3 is 3.00 bits per heavy atom. The van der Waals surface area contributed by atoms with Crippen molar-refractivity contribution < 1.29 is 9.13 Å². The van der Waals surface area contributed by atoms with Gasteiger partial charge in [-0.1, -0.05) is 17.7 Å². The summed E-state index contributed by atoms with van der Waals surface area (Å²) >= 11 is 5.77. The third-order valence-corrected chi connectivity index (χ3v) is 3.60. The standard InChI is InChI=1S/C13H18ClFN2O/c1-9-8-18-5-4-17(9)13(7-16)11-3-2-10(14)6-12(11)15/h2-3,6,9,13H,4-5,7-8,16H2,1H3. The highest BCUT2D eigenvalue weighted by Gasteiger charge is 2.28. The summed E-state index contributed by atoms with van der Waals surface area (Å²) < 4.78 is 19.4. The number of nitrogens with zero attached hydrogens (tertiary/aromatic N) is 1. The van der Waals surface area contributed by atoms with Crippen LogP contribution in [0.3, 0.4) is 0 Å². The van der Waals surface area contributed by atoms with Crippen LogP contribution in [0.2, 0.25) is 5.02 Å². The molecule has 1 aromatic carbocycles. The van der Waals surface area contributed by atoms with Crippen LogP contribution in [0, 0.1) is 5.82 Å². The SMILES string of the molecule is CC1COCCN1C(CN)c1ccc(Cl)cc1F. The van der Waals surface area contributed by atoms with E-state index >= 15 is 0 Å². The van der Waals surface area contributed by atoms with Crippen LogP contribution in [0.1, 0.15) is 18.5 Å². The van der Waals surface area contributed by atoms with Crippen LogP contribution in [-0.2, 0) is 4.74 Å². The maximum atomic E-state index is 14.0. The predicted octanol–water partition coefficient (Wildman–Crippen LogP) is 2.20. The van der Waals surface area contributed by atoms with E-state index in [0.717, 1.165) is 6.54 Å². The van der Waals surface area contributed by atoms with Crippen LogP contribution in [0.15, 0.2) is 18.2 Å². The maximum Gasteiger partial charge on any atom is 0.129 e. The number of hydrogen-bond acceptors (Lipinski definition) is 3. The largest absolute Gasteiger partial charge is 0.379 e. The molecule has 1 aromatic rings. The average molecular weight is 273 g/mol. The van der Waals surface area contributed by atoms with E-state index < -0.39 is 0 Å². The number of halogens is 2. The van der Waals surface area contributed by atoms with E-state index in [2.05, 4.69) is 11.8 Å². The topological polar surface area (TPSA) is 38.5 Å². The molecule has 3 nitrogen and oxygen atoms in total. The molecule has 1 heterocycles. The van der Waals surface area contributed by atoms with E-state index in [1.165, 1.54) is 6.07 Å². The van der Waals surface area contributed by atoms with Crippen molar-refractivity contribution in [2.45, 2.75) is 19.0 Å². The average Bonchev–Trinajstić information content (AvgIpc) is 2.34. The fourth-order valence-electron chi connectivity index (χ4n) is 2.42. The number of nitrogens with two attached hydrogens (primary N) is 1. The molecule has 1 aliphatic heterocycles. The monoisotopic (exact) mass is 272 g/mol. The van der Waals surface area contributed by atoms with Crippen LogP contribution in [-0.4, -0.2) is 37.2 Å². The molecule has 0 amide bonds. The molecule has 0 radical (unpaired) electrons. The molecular formula is C13H18ClFN2O. The Morgan fingerprint density at radius 1 is 1.61 bits per heavy atom. The van der Waals surface area contributed by atoms with Gasteiger partial charge in [0.05, 0.1) is 19.3 Å². The summed E-state index contributed by atoms with van der Waals surface area (Å²) in [6.07, 6.45) is 0. The number of rotatable bonds is 3. The second kappa shape index (κ2) is 5.97. The minimum Gasteiger partial charge on any atom is -0.379 e. The van der Waals surface area contributed by atoms with Crippen LogP contribution in [0.4, 0.5) is 4.39 Å². The second-order valence-electron chi connectivity index (χ2n) is 4.58. The van der Waals surface area contributed by atoms with Crippen molar-refractivity contribution >= 4 is 11.6 Å². The van der Waals surface area contributed by atoms with Gasteiger partial charge < -0.3 is 10.5 Å². The Hall–Kier alpha value is -0.680. The molecular weight excluding hydrogens is 255 g/mol. The Labute approximate surface area is 112 Å². The summed E-state index contributed by atoms with van der Waals surface area (Å²) in [4.78, 5) is 2.19. The third-order valence-electron chi connectivity index (χ3n) is 3.36. The second-order valence-corrected chi connectivity index (χ2v) is 5.02. The van der Waals surface area contributed by atoms with Crippen LogP contribution in [0.5, 0.6) is 0 Å². The summed E-state index contributed by atoms with van der Waals surface area (Å²) in [6, 6.07) is 4.87. The normalized spacial score (nSPS) is 23.0. The zero-order valence-corrected chi connectivity index (χ0v) is 11.2. The van der Waals surface area contributed by atoms with Crippen molar-refractivity contribution in [3.8, 4) is 0 Å². The minimum atomic E-state index is -0.295. The molecule has 1 fully saturated rings. The Morgan fingerprint density at radius 2 is 2.39 bits per heavy atom. The third kappa shape index (κ3) is 2.83. The van der Waals surface area contributed by atoms with E-state index in [-0.39, 0.29) is 17.9 Å². The van der Waals surface area contributed by atoms with Crippen molar-refractivity contribution in [3.05, 3.63) is 34.6 Å². The van der Waals surface area contributed by atoms with E-state index in [0.29, 0.717) is 30.3 Å². The molecule has 0 bridgehead atoms. The summed E-state index contributed by atoms with van der Waals surface area (Å²) in [5, 5.41) is 0.405. The molecule has 100 valence electrons. The van der Waals surface area contributed by atoms with Gasteiger partial charge in [0.25, 0.3) is 0 Å². The first kappa shape index (κ1) is 13.7. The Bertz CT molecular complexity index is 416. The van der Waals surface area contributed by atoms with Gasteiger partial charge in [-0.2, -0.15) is 0 Å². The molecule has 1 aliphatic rings. The van der Waals surface area contributed by atoms with Crippen molar-refractivity contribution in [1.29, 1.82) is 0 Å². The zero-order valence-electron chi connectivity index (χ0n) is 10.4. The molecule has 2 atom stereocenters. The van der Waals surface area contributed by atoms with Gasteiger partial charge in [0.2, 0.25) is 0 Å². The van der Waals surface area contributed by atoms with E-state index in [4.69, 9.17) is 22.1 Å². The molecule has 18 heavy (non-hydrogen) atoms. The van der Waals surface area contributed by atoms with Gasteiger partial charge in [-0.25, -0.2) is 4.39 Å². The molecule has 5 heteroatoms. The van der Waals surface area contributed by atoms with Crippen LogP contribution in [0.25, 0.3) is 0 Å². The minimum absolute atomic E-state index is 0.124. The lowest BCUT2D eigenvalue weighted by Gasteiger charge is -2.39. The summed E-state index contributed by atoms with van der Waals surface area (Å²) in [5.41, 5.74) is 6.43. The van der Waals surface area contributed by atoms with Gasteiger partial charge in [-0.3, -0.25) is 4.90 Å². The van der Waals surface area contributed by atoms with Gasteiger partial charge in [0.1, 0.15) is 5.82 Å². The van der Waals surface area contributed by atoms with Crippen LogP contribution < -0.4 is 5.73 Å². The Balaban J connectivity index is 2.26. The fourth-order valence-corrected chi connectivity index (χ4v) is 2.57. The van der Waals surface area contributed by atoms with E-state index in [1.807, 2.05) is 0 Å². The van der Waals surface area contributed by atoms with Crippen molar-refractivity contribution in [2.24, 2.45) is 5.73 Å². The van der Waals surface area contributed by atoms with Crippen molar-refractivity contribution in [2.75, 3.05) is 26.3 Å². The number of morpholine rings is 1. The molecule has 2 unspecified atom stereocenters. The molecule has 2 N–H and O–H groups in total. The molecule has 0 aliphatic carbocycles. The van der Waals surface area contributed by atoms with E-state index in [9.17, 15) is 4.39 Å². The molecule has 0 spiro atoms. The van der Waals surface area contributed by atoms with Gasteiger partial charge >= 0.3 is 0 Å². The summed E-state index contributed by atoms with van der Waals surface area (Å²) in [7, 11) is 0. The fraction of sp³-hybridized carbons (Fsp3) is 0.538. The zero-order chi connectivity index (χ0) is 13.1. The highest BCUT2D eigenvalue weighted by atomic mass is 35.5. The number of ether oxygens (including phenoxy) is 1. The van der Waals surface area contributed by atoms with Crippen molar-refractivity contribution in [1.82, 2.24) is 4.90 Å². The highest BCUT2D eigenvalue weighted by molar-refractivity contribution is 6.30. The maximum absolute atomic E-state index is 14.0. The predicted molar refractivity (Wildman–Crippen MR) is 70.2 cm³/mol. The first-order chi connectivity index (χ1) is 8.63. The smallest absolute Gasteiger partial charge is 0.129 e. The first-order valence-electron chi connectivity index (χ1n) is 6.12. The Kier molecular flexibility index (Phi) is 4.56. The molecule has 0 aromatic heterocycles. The van der Waals surface area contributed by atoms with Gasteiger partial charge in [0.15, 0.2) is 0 Å². The highest BCUT2D eigenvalue weighted by Crippen LogP contribution is 2.27. The van der Waals surface area contributed by atoms with Crippen molar-refractivity contribution in [3.63, 3.8) is 0 Å². The van der Waals surface area contributed by atoms with Crippen LogP contribution >= 0.6 is 11.6 Å². The lowest BCUT2D eigenvalue weighted by Crippen LogP contribution is -2.47. The van der Waals surface area contributed by atoms with E-state index in [1.54, 1.807) is 12.1 Å². The molecule has 2 rings (SSSR count). The quantitative estimate of drug-likeness (QED) is 0.917. The number of benzene rings is 1. The van der Waals surface area contributed by atoms with Gasteiger partial charge in [-0.15, -0.1) is 0 Å². The lowest BCUT2D eigenvalue weighted by atomic mass is 10.0. The molecule has 1 saturated heterocycles. The summed E-state index contributed by atoms with van der Waals surface area (Å²) in [5.74, 6) is -0.295. The molecule has 0 saturated carbocycles. The first-order valence-corrected chi connectivity index (χ1v) is 6.49. The lowest BCUT2D eigenvalue weighted by molar-refractivity contribution is -0.0215. The number of hydrogen-bond donors (Lipinski definition) is 1. The summed E-state index contributed by atoms with van der Waals surface area (Å²) in [6.45, 7) is 4.53. The van der Waals surface area contributed by atoms with Gasteiger partial charge in [0, 0.05) is 29.7 Å². The van der Waals surface area contributed by atoms with Gasteiger partial charge in [-0.05, 0) is 19.1 Å².